The van der Waals surface area contributed by atoms with E-state index >= 15 is 0 Å². The number of rotatable bonds is 1. The lowest BCUT2D eigenvalue weighted by Gasteiger charge is -2.24. The SMILES string of the molecule is NC(N)C1CC[CH]CC1. The van der Waals surface area contributed by atoms with E-state index in [1.807, 2.05) is 0 Å². The summed E-state index contributed by atoms with van der Waals surface area (Å²) in [6.07, 6.45) is 7.03. The van der Waals surface area contributed by atoms with E-state index in [1.165, 1.54) is 25.7 Å². The second-order valence-corrected chi connectivity index (χ2v) is 2.78. The average Bonchev–Trinajstić information content (AvgIpc) is 1.90. The van der Waals surface area contributed by atoms with Crippen molar-refractivity contribution in [3.63, 3.8) is 0 Å². The van der Waals surface area contributed by atoms with Crippen LogP contribution < -0.4 is 11.5 Å². The van der Waals surface area contributed by atoms with Crippen LogP contribution in [0.5, 0.6) is 0 Å². The van der Waals surface area contributed by atoms with E-state index in [-0.39, 0.29) is 6.17 Å². The predicted molar refractivity (Wildman–Crippen MR) is 38.4 cm³/mol. The van der Waals surface area contributed by atoms with Crippen LogP contribution in [0.2, 0.25) is 0 Å². The molecule has 0 aliphatic heterocycles. The van der Waals surface area contributed by atoms with Gasteiger partial charge in [0.15, 0.2) is 0 Å². The van der Waals surface area contributed by atoms with Gasteiger partial charge in [0.05, 0.1) is 6.17 Å². The van der Waals surface area contributed by atoms with Gasteiger partial charge in [-0.3, -0.25) is 0 Å². The predicted octanol–water partition coefficient (Wildman–Crippen LogP) is 0.624. The molecule has 53 valence electrons. The van der Waals surface area contributed by atoms with Gasteiger partial charge in [0.1, 0.15) is 0 Å². The number of hydrogen-bond donors (Lipinski definition) is 2. The first-order chi connectivity index (χ1) is 4.30. The summed E-state index contributed by atoms with van der Waals surface area (Å²) in [7, 11) is 0. The van der Waals surface area contributed by atoms with Crippen molar-refractivity contribution < 1.29 is 0 Å². The minimum Gasteiger partial charge on any atom is -0.316 e. The third kappa shape index (κ3) is 1.95. The van der Waals surface area contributed by atoms with Gasteiger partial charge in [-0.05, 0) is 38.0 Å². The van der Waals surface area contributed by atoms with Gasteiger partial charge in [0.2, 0.25) is 0 Å². The Morgan fingerprint density at radius 2 is 1.78 bits per heavy atom. The molecule has 0 amide bonds. The number of nitrogens with two attached hydrogens (primary N) is 2. The molecule has 1 aliphatic carbocycles. The summed E-state index contributed by atoms with van der Waals surface area (Å²) in [6.45, 7) is 0. The van der Waals surface area contributed by atoms with Crippen LogP contribution >= 0.6 is 0 Å². The average molecular weight is 127 g/mol. The monoisotopic (exact) mass is 127 g/mol. The summed E-state index contributed by atoms with van der Waals surface area (Å²) < 4.78 is 0. The standard InChI is InChI=1S/C7H15N2/c8-7(9)6-4-2-1-3-5-6/h1,6-7H,2-5,8-9H2. The van der Waals surface area contributed by atoms with Crippen LogP contribution in [0.1, 0.15) is 25.7 Å². The minimum atomic E-state index is -0.0845. The second kappa shape index (κ2) is 3.18. The van der Waals surface area contributed by atoms with Crippen molar-refractivity contribution in [2.24, 2.45) is 17.4 Å². The van der Waals surface area contributed by atoms with Crippen LogP contribution in [-0.4, -0.2) is 6.17 Å². The molecular weight excluding hydrogens is 112 g/mol. The zero-order valence-electron chi connectivity index (χ0n) is 5.72. The molecule has 1 saturated carbocycles. The third-order valence-corrected chi connectivity index (χ3v) is 2.03. The van der Waals surface area contributed by atoms with Gasteiger partial charge in [-0.2, -0.15) is 0 Å². The molecule has 4 N–H and O–H groups in total. The van der Waals surface area contributed by atoms with Gasteiger partial charge in [-0.25, -0.2) is 0 Å². The second-order valence-electron chi connectivity index (χ2n) is 2.78. The normalized spacial score (nSPS) is 23.0. The highest BCUT2D eigenvalue weighted by Gasteiger charge is 2.16. The summed E-state index contributed by atoms with van der Waals surface area (Å²) in [5.74, 6) is 0.579. The molecule has 1 aliphatic rings. The molecule has 0 aromatic carbocycles. The maximum absolute atomic E-state index is 5.53. The Morgan fingerprint density at radius 1 is 1.22 bits per heavy atom. The Balaban J connectivity index is 2.23. The Labute approximate surface area is 56.6 Å². The molecule has 2 heteroatoms. The van der Waals surface area contributed by atoms with Crippen LogP contribution in [0, 0.1) is 12.3 Å². The van der Waals surface area contributed by atoms with Gasteiger partial charge in [0, 0.05) is 0 Å². The van der Waals surface area contributed by atoms with Gasteiger partial charge < -0.3 is 11.5 Å². The molecule has 0 aromatic rings. The molecule has 1 rings (SSSR count). The van der Waals surface area contributed by atoms with Crippen LogP contribution in [0.25, 0.3) is 0 Å². The molecule has 0 spiro atoms. The van der Waals surface area contributed by atoms with Crippen LogP contribution in [-0.2, 0) is 0 Å². The van der Waals surface area contributed by atoms with E-state index in [4.69, 9.17) is 11.5 Å². The highest BCUT2D eigenvalue weighted by atomic mass is 14.9. The van der Waals surface area contributed by atoms with Crippen LogP contribution in [0.15, 0.2) is 0 Å². The molecule has 0 heterocycles. The Morgan fingerprint density at radius 3 is 2.11 bits per heavy atom. The Hall–Kier alpha value is -0.0800. The van der Waals surface area contributed by atoms with Crippen molar-refractivity contribution in [2.75, 3.05) is 0 Å². The highest BCUT2D eigenvalue weighted by Crippen LogP contribution is 2.22. The van der Waals surface area contributed by atoms with Crippen molar-refractivity contribution >= 4 is 0 Å². The summed E-state index contributed by atoms with van der Waals surface area (Å²) in [6, 6.07) is 0. The van der Waals surface area contributed by atoms with Crippen LogP contribution in [0.3, 0.4) is 0 Å². The maximum Gasteiger partial charge on any atom is 0.0549 e. The molecule has 0 saturated heterocycles. The van der Waals surface area contributed by atoms with Gasteiger partial charge >= 0.3 is 0 Å². The molecule has 1 radical (unpaired) electrons. The first kappa shape index (κ1) is 7.03. The van der Waals surface area contributed by atoms with Crippen molar-refractivity contribution in [2.45, 2.75) is 31.8 Å². The summed E-state index contributed by atoms with van der Waals surface area (Å²) in [5.41, 5.74) is 11.1. The maximum atomic E-state index is 5.53. The van der Waals surface area contributed by atoms with E-state index in [0.29, 0.717) is 5.92 Å². The molecule has 1 fully saturated rings. The van der Waals surface area contributed by atoms with Crippen LogP contribution in [0.4, 0.5) is 0 Å². The summed E-state index contributed by atoms with van der Waals surface area (Å²) in [5, 5.41) is 0. The van der Waals surface area contributed by atoms with E-state index in [9.17, 15) is 0 Å². The molecule has 0 bridgehead atoms. The van der Waals surface area contributed by atoms with Crippen molar-refractivity contribution in [3.05, 3.63) is 6.42 Å². The first-order valence-electron chi connectivity index (χ1n) is 3.63. The van der Waals surface area contributed by atoms with Gasteiger partial charge in [-0.15, -0.1) is 0 Å². The lowest BCUT2D eigenvalue weighted by atomic mass is 9.87. The highest BCUT2D eigenvalue weighted by molar-refractivity contribution is 4.79. The topological polar surface area (TPSA) is 52.0 Å². The Kier molecular flexibility index (Phi) is 2.49. The van der Waals surface area contributed by atoms with Gasteiger partial charge in [-0.1, -0.05) is 0 Å². The van der Waals surface area contributed by atoms with E-state index in [2.05, 4.69) is 6.42 Å². The fraction of sp³-hybridized carbons (Fsp3) is 0.857. The zero-order valence-corrected chi connectivity index (χ0v) is 5.72. The fourth-order valence-corrected chi connectivity index (χ4v) is 1.34. The molecule has 9 heavy (non-hydrogen) atoms. The van der Waals surface area contributed by atoms with Crippen molar-refractivity contribution in [3.8, 4) is 0 Å². The fourth-order valence-electron chi connectivity index (χ4n) is 1.34. The first-order valence-corrected chi connectivity index (χ1v) is 3.63. The molecule has 0 aromatic heterocycles. The zero-order chi connectivity index (χ0) is 6.69. The largest absolute Gasteiger partial charge is 0.316 e. The van der Waals surface area contributed by atoms with E-state index < -0.39 is 0 Å². The molecule has 0 unspecified atom stereocenters. The quantitative estimate of drug-likeness (QED) is 0.507. The number of hydrogen-bond acceptors (Lipinski definition) is 2. The summed E-state index contributed by atoms with van der Waals surface area (Å²) >= 11 is 0. The lowest BCUT2D eigenvalue weighted by Crippen LogP contribution is -2.39. The van der Waals surface area contributed by atoms with E-state index in [1.54, 1.807) is 0 Å². The van der Waals surface area contributed by atoms with E-state index in [0.717, 1.165) is 0 Å². The smallest absolute Gasteiger partial charge is 0.0549 e. The summed E-state index contributed by atoms with van der Waals surface area (Å²) in [4.78, 5) is 0. The molecular formula is C7H15N2. The Bertz CT molecular complexity index is 75.0. The molecule has 0 atom stereocenters. The lowest BCUT2D eigenvalue weighted by molar-refractivity contribution is 0.343. The minimum absolute atomic E-state index is 0.0845. The third-order valence-electron chi connectivity index (χ3n) is 2.03. The van der Waals surface area contributed by atoms with Crippen molar-refractivity contribution in [1.29, 1.82) is 0 Å². The van der Waals surface area contributed by atoms with Gasteiger partial charge in [0.25, 0.3) is 0 Å². The van der Waals surface area contributed by atoms with Crippen molar-refractivity contribution in [1.82, 2.24) is 0 Å². The molecule has 2 nitrogen and oxygen atoms in total.